The molecule has 0 aliphatic carbocycles. The summed E-state index contributed by atoms with van der Waals surface area (Å²) in [6.07, 6.45) is 4.67. The predicted octanol–water partition coefficient (Wildman–Crippen LogP) is 1.55. The SMILES string of the molecule is Nc1cccc2c1CCCN2C(=O)c1c[nH]ccc1=O. The van der Waals surface area contributed by atoms with Crippen molar-refractivity contribution in [3.63, 3.8) is 0 Å². The van der Waals surface area contributed by atoms with Crippen molar-refractivity contribution >= 4 is 17.3 Å². The number of anilines is 2. The van der Waals surface area contributed by atoms with Crippen LogP contribution in [0.1, 0.15) is 22.3 Å². The first-order chi connectivity index (χ1) is 9.68. The molecular weight excluding hydrogens is 254 g/mol. The number of pyridine rings is 1. The number of aromatic amines is 1. The molecule has 1 aromatic heterocycles. The minimum atomic E-state index is -0.279. The molecule has 2 aromatic rings. The van der Waals surface area contributed by atoms with Crippen LogP contribution in [0.5, 0.6) is 0 Å². The summed E-state index contributed by atoms with van der Waals surface area (Å²) in [5, 5.41) is 0. The molecule has 1 aliphatic rings. The third-order valence-corrected chi connectivity index (χ3v) is 3.59. The first-order valence-corrected chi connectivity index (χ1v) is 6.55. The maximum Gasteiger partial charge on any atom is 0.263 e. The first kappa shape index (κ1) is 12.5. The number of nitrogens with two attached hydrogens (primary N) is 1. The zero-order valence-electron chi connectivity index (χ0n) is 10.9. The lowest BCUT2D eigenvalue weighted by Gasteiger charge is -2.30. The van der Waals surface area contributed by atoms with E-state index in [9.17, 15) is 9.59 Å². The number of fused-ring (bicyclic) bond motifs is 1. The summed E-state index contributed by atoms with van der Waals surface area (Å²) in [5.74, 6) is -0.279. The van der Waals surface area contributed by atoms with Crippen molar-refractivity contribution in [1.82, 2.24) is 4.98 Å². The van der Waals surface area contributed by atoms with E-state index >= 15 is 0 Å². The lowest BCUT2D eigenvalue weighted by Crippen LogP contribution is -2.38. The number of aromatic nitrogens is 1. The lowest BCUT2D eigenvalue weighted by molar-refractivity contribution is 0.0984. The number of hydrogen-bond donors (Lipinski definition) is 2. The Kier molecular flexibility index (Phi) is 3.02. The molecule has 0 spiro atoms. The van der Waals surface area contributed by atoms with Gasteiger partial charge in [0.2, 0.25) is 0 Å². The van der Waals surface area contributed by atoms with Gasteiger partial charge in [0.05, 0.1) is 0 Å². The van der Waals surface area contributed by atoms with Crippen LogP contribution in [0.15, 0.2) is 41.5 Å². The van der Waals surface area contributed by atoms with Crippen LogP contribution in [0, 0.1) is 0 Å². The van der Waals surface area contributed by atoms with Crippen molar-refractivity contribution in [2.24, 2.45) is 0 Å². The van der Waals surface area contributed by atoms with Crippen LogP contribution in [0.3, 0.4) is 0 Å². The van der Waals surface area contributed by atoms with E-state index in [0.717, 1.165) is 24.1 Å². The molecule has 0 saturated carbocycles. The second kappa shape index (κ2) is 4.85. The molecule has 3 rings (SSSR count). The molecule has 5 heteroatoms. The van der Waals surface area contributed by atoms with E-state index in [4.69, 9.17) is 5.73 Å². The number of carbonyl (C=O) groups excluding carboxylic acids is 1. The largest absolute Gasteiger partial charge is 0.398 e. The van der Waals surface area contributed by atoms with Gasteiger partial charge in [-0.15, -0.1) is 0 Å². The smallest absolute Gasteiger partial charge is 0.263 e. The van der Waals surface area contributed by atoms with Crippen LogP contribution in [-0.2, 0) is 6.42 Å². The van der Waals surface area contributed by atoms with Gasteiger partial charge in [-0.25, -0.2) is 0 Å². The van der Waals surface area contributed by atoms with Crippen LogP contribution in [-0.4, -0.2) is 17.4 Å². The molecule has 0 bridgehead atoms. The Hall–Kier alpha value is -2.56. The van der Waals surface area contributed by atoms with Crippen LogP contribution in [0.4, 0.5) is 11.4 Å². The Morgan fingerprint density at radius 3 is 2.95 bits per heavy atom. The summed E-state index contributed by atoms with van der Waals surface area (Å²) in [4.78, 5) is 28.8. The maximum atomic E-state index is 12.6. The van der Waals surface area contributed by atoms with E-state index < -0.39 is 0 Å². The Balaban J connectivity index is 2.06. The number of nitrogens with one attached hydrogen (secondary N) is 1. The predicted molar refractivity (Wildman–Crippen MR) is 77.9 cm³/mol. The van der Waals surface area contributed by atoms with Crippen molar-refractivity contribution in [3.8, 4) is 0 Å². The fraction of sp³-hybridized carbons (Fsp3) is 0.200. The van der Waals surface area contributed by atoms with E-state index in [1.165, 1.54) is 18.5 Å². The maximum absolute atomic E-state index is 12.6. The lowest BCUT2D eigenvalue weighted by atomic mass is 9.99. The van der Waals surface area contributed by atoms with Crippen LogP contribution in [0.25, 0.3) is 0 Å². The summed E-state index contributed by atoms with van der Waals surface area (Å²) in [7, 11) is 0. The van der Waals surface area contributed by atoms with Crippen molar-refractivity contribution in [2.75, 3.05) is 17.2 Å². The average molecular weight is 269 g/mol. The van der Waals surface area contributed by atoms with Crippen molar-refractivity contribution in [3.05, 3.63) is 58.0 Å². The van der Waals surface area contributed by atoms with Crippen LogP contribution < -0.4 is 16.1 Å². The summed E-state index contributed by atoms with van der Waals surface area (Å²) in [6.45, 7) is 0.601. The van der Waals surface area contributed by atoms with E-state index in [0.29, 0.717) is 12.2 Å². The quantitative estimate of drug-likeness (QED) is 0.771. The molecule has 5 nitrogen and oxygen atoms in total. The minimum Gasteiger partial charge on any atom is -0.398 e. The van der Waals surface area contributed by atoms with Gasteiger partial charge in [0.25, 0.3) is 5.91 Å². The fourth-order valence-corrected chi connectivity index (χ4v) is 2.59. The highest BCUT2D eigenvalue weighted by Crippen LogP contribution is 2.31. The van der Waals surface area contributed by atoms with Crippen molar-refractivity contribution in [1.29, 1.82) is 0 Å². The third kappa shape index (κ3) is 1.97. The van der Waals surface area contributed by atoms with Gasteiger partial charge in [0, 0.05) is 36.4 Å². The second-order valence-corrected chi connectivity index (χ2v) is 4.83. The number of nitrogens with zero attached hydrogens (tertiary/aromatic N) is 1. The van der Waals surface area contributed by atoms with Gasteiger partial charge in [-0.1, -0.05) is 6.07 Å². The minimum absolute atomic E-state index is 0.155. The molecule has 20 heavy (non-hydrogen) atoms. The van der Waals surface area contributed by atoms with Gasteiger partial charge in [-0.05, 0) is 30.5 Å². The van der Waals surface area contributed by atoms with Crippen molar-refractivity contribution < 1.29 is 4.79 Å². The topological polar surface area (TPSA) is 79.2 Å². The molecule has 1 aromatic carbocycles. The van der Waals surface area contributed by atoms with E-state index in [-0.39, 0.29) is 16.9 Å². The molecule has 3 N–H and O–H groups in total. The summed E-state index contributed by atoms with van der Waals surface area (Å²) in [6, 6.07) is 6.90. The van der Waals surface area contributed by atoms with Crippen LogP contribution >= 0.6 is 0 Å². The monoisotopic (exact) mass is 269 g/mol. The van der Waals surface area contributed by atoms with E-state index in [2.05, 4.69) is 4.98 Å². The summed E-state index contributed by atoms with van der Waals surface area (Å²) in [5.41, 5.74) is 8.34. The number of hydrogen-bond acceptors (Lipinski definition) is 3. The molecule has 102 valence electrons. The highest BCUT2D eigenvalue weighted by molar-refractivity contribution is 6.06. The molecule has 0 unspecified atom stereocenters. The van der Waals surface area contributed by atoms with Crippen LogP contribution in [0.2, 0.25) is 0 Å². The zero-order chi connectivity index (χ0) is 14.1. The first-order valence-electron chi connectivity index (χ1n) is 6.55. The van der Waals surface area contributed by atoms with Gasteiger partial charge >= 0.3 is 0 Å². The van der Waals surface area contributed by atoms with Gasteiger partial charge in [-0.3, -0.25) is 9.59 Å². The van der Waals surface area contributed by atoms with Gasteiger partial charge in [-0.2, -0.15) is 0 Å². The average Bonchev–Trinajstić information content (AvgIpc) is 2.47. The molecule has 0 fully saturated rings. The molecule has 1 amide bonds. The van der Waals surface area contributed by atoms with Gasteiger partial charge < -0.3 is 15.6 Å². The number of H-pyrrole nitrogens is 1. The third-order valence-electron chi connectivity index (χ3n) is 3.59. The number of amides is 1. The highest BCUT2D eigenvalue weighted by atomic mass is 16.2. The van der Waals surface area contributed by atoms with Gasteiger partial charge in [0.1, 0.15) is 5.56 Å². The number of benzene rings is 1. The number of carbonyl (C=O) groups is 1. The molecule has 2 heterocycles. The fourth-order valence-electron chi connectivity index (χ4n) is 2.59. The molecule has 1 aliphatic heterocycles. The molecule has 0 saturated heterocycles. The molecule has 0 radical (unpaired) electrons. The molecule has 0 atom stereocenters. The van der Waals surface area contributed by atoms with Gasteiger partial charge in [0.15, 0.2) is 5.43 Å². The Morgan fingerprint density at radius 1 is 1.30 bits per heavy atom. The summed E-state index contributed by atoms with van der Waals surface area (Å²) < 4.78 is 0. The highest BCUT2D eigenvalue weighted by Gasteiger charge is 2.25. The standard InChI is InChI=1S/C15H15N3O2/c16-12-4-1-5-13-10(12)3-2-8-18(13)15(20)11-9-17-7-6-14(11)19/h1,4-7,9H,2-3,8,16H2,(H,17,19). The number of nitrogen functional groups attached to an aromatic ring is 1. The summed E-state index contributed by atoms with van der Waals surface area (Å²) >= 11 is 0. The Morgan fingerprint density at radius 2 is 2.15 bits per heavy atom. The Labute approximate surface area is 116 Å². The number of rotatable bonds is 1. The Bertz CT molecular complexity index is 721. The van der Waals surface area contributed by atoms with E-state index in [1.54, 1.807) is 4.90 Å². The second-order valence-electron chi connectivity index (χ2n) is 4.83. The zero-order valence-corrected chi connectivity index (χ0v) is 10.9. The molecular formula is C15H15N3O2. The normalized spacial score (nSPS) is 13.9. The van der Waals surface area contributed by atoms with Crippen molar-refractivity contribution in [2.45, 2.75) is 12.8 Å². The van der Waals surface area contributed by atoms with E-state index in [1.807, 2.05) is 18.2 Å².